The first-order chi connectivity index (χ1) is 7.09. The van der Waals surface area contributed by atoms with E-state index in [0.29, 0.717) is 11.7 Å². The minimum absolute atomic E-state index is 0.280. The summed E-state index contributed by atoms with van der Waals surface area (Å²) in [5, 5.41) is 12.0. The molecule has 4 nitrogen and oxygen atoms in total. The van der Waals surface area contributed by atoms with Crippen LogP contribution in [0.1, 0.15) is 32.3 Å². The Labute approximate surface area is 89.1 Å². The van der Waals surface area contributed by atoms with Crippen LogP contribution in [0.25, 0.3) is 0 Å². The number of esters is 1. The lowest BCUT2D eigenvalue weighted by atomic mass is 10.0. The van der Waals surface area contributed by atoms with E-state index in [-0.39, 0.29) is 5.97 Å². The number of rotatable bonds is 2. The maximum absolute atomic E-state index is 10.6. The van der Waals surface area contributed by atoms with Gasteiger partial charge in [0.2, 0.25) is 0 Å². The van der Waals surface area contributed by atoms with Gasteiger partial charge < -0.3 is 4.74 Å². The van der Waals surface area contributed by atoms with E-state index in [1.54, 1.807) is 0 Å². The molecular formula is C11H16O4. The topological polar surface area (TPSA) is 66.8 Å². The molecule has 0 spiro atoms. The van der Waals surface area contributed by atoms with Gasteiger partial charge in [0.05, 0.1) is 0 Å². The Morgan fingerprint density at radius 3 is 2.00 bits per heavy atom. The van der Waals surface area contributed by atoms with Crippen LogP contribution in [-0.2, 0) is 4.79 Å². The van der Waals surface area contributed by atoms with Crippen LogP contribution in [0.4, 0.5) is 0 Å². The zero-order chi connectivity index (χ0) is 11.8. The molecule has 0 bridgehead atoms. The van der Waals surface area contributed by atoms with Crippen LogP contribution >= 0.6 is 0 Å². The number of carbonyl (C=O) groups is 1. The van der Waals surface area contributed by atoms with E-state index in [4.69, 9.17) is 15.3 Å². The Hall–Kier alpha value is -1.39. The monoisotopic (exact) mass is 212 g/mol. The Morgan fingerprint density at radius 2 is 1.67 bits per heavy atom. The second-order valence-electron chi connectivity index (χ2n) is 3.32. The van der Waals surface area contributed by atoms with Gasteiger partial charge in [-0.05, 0) is 23.6 Å². The molecule has 0 atom stereocenters. The lowest BCUT2D eigenvalue weighted by Gasteiger charge is -2.06. The van der Waals surface area contributed by atoms with Crippen molar-refractivity contribution in [1.82, 2.24) is 0 Å². The lowest BCUT2D eigenvalue weighted by Crippen LogP contribution is -2.01. The van der Waals surface area contributed by atoms with Gasteiger partial charge in [0.25, 0.3) is 0 Å². The molecule has 0 saturated heterocycles. The van der Waals surface area contributed by atoms with Crippen molar-refractivity contribution in [1.29, 1.82) is 0 Å². The fourth-order valence-electron chi connectivity index (χ4n) is 1.09. The van der Waals surface area contributed by atoms with E-state index in [1.165, 1.54) is 12.5 Å². The maximum atomic E-state index is 10.6. The van der Waals surface area contributed by atoms with Gasteiger partial charge in [-0.2, -0.15) is 0 Å². The van der Waals surface area contributed by atoms with Crippen molar-refractivity contribution < 1.29 is 20.0 Å². The molecule has 0 saturated carbocycles. The van der Waals surface area contributed by atoms with Crippen molar-refractivity contribution in [2.75, 3.05) is 0 Å². The quantitative estimate of drug-likeness (QED) is 0.342. The maximum Gasteiger partial charge on any atom is 0.308 e. The summed E-state index contributed by atoms with van der Waals surface area (Å²) in [5.74, 6) is 0.834. The average Bonchev–Trinajstić information content (AvgIpc) is 2.20. The summed E-state index contributed by atoms with van der Waals surface area (Å²) in [4.78, 5) is 10.6. The molecule has 1 rings (SSSR count). The molecule has 4 heteroatoms. The van der Waals surface area contributed by atoms with Gasteiger partial charge in [0, 0.05) is 6.92 Å². The second kappa shape index (κ2) is 6.98. The molecule has 0 aliphatic rings. The molecule has 0 radical (unpaired) electrons. The van der Waals surface area contributed by atoms with Gasteiger partial charge in [0.15, 0.2) is 0 Å². The highest BCUT2D eigenvalue weighted by Crippen LogP contribution is 2.18. The zero-order valence-corrected chi connectivity index (χ0v) is 9.10. The van der Waals surface area contributed by atoms with E-state index in [1.807, 2.05) is 24.3 Å². The first kappa shape index (κ1) is 13.6. The fraction of sp³-hybridized carbons (Fsp3) is 0.364. The van der Waals surface area contributed by atoms with Crippen molar-refractivity contribution in [3.63, 3.8) is 0 Å². The van der Waals surface area contributed by atoms with Crippen LogP contribution in [0.2, 0.25) is 0 Å². The van der Waals surface area contributed by atoms with Gasteiger partial charge in [-0.15, -0.1) is 0 Å². The summed E-state index contributed by atoms with van der Waals surface area (Å²) in [6.07, 6.45) is 0. The zero-order valence-electron chi connectivity index (χ0n) is 9.10. The molecule has 2 N–H and O–H groups in total. The standard InChI is InChI=1S/C11H14O2.H2O2/c1-8(2)10-4-6-11(7-5-10)13-9(3)12;1-2/h4-8H,1-3H3;1-2H. The van der Waals surface area contributed by atoms with Crippen LogP contribution < -0.4 is 4.74 Å². The molecule has 0 heterocycles. The van der Waals surface area contributed by atoms with E-state index in [0.717, 1.165) is 0 Å². The molecule has 15 heavy (non-hydrogen) atoms. The summed E-state index contributed by atoms with van der Waals surface area (Å²) >= 11 is 0. The lowest BCUT2D eigenvalue weighted by molar-refractivity contribution is -0.176. The Kier molecular flexibility index (Phi) is 6.33. The van der Waals surface area contributed by atoms with Crippen LogP contribution in [0.15, 0.2) is 24.3 Å². The van der Waals surface area contributed by atoms with E-state index < -0.39 is 0 Å². The van der Waals surface area contributed by atoms with Gasteiger partial charge in [-0.1, -0.05) is 26.0 Å². The largest absolute Gasteiger partial charge is 0.427 e. The predicted molar refractivity (Wildman–Crippen MR) is 57.1 cm³/mol. The van der Waals surface area contributed by atoms with Crippen LogP contribution in [0.5, 0.6) is 5.75 Å². The highest BCUT2D eigenvalue weighted by Gasteiger charge is 2.00. The normalized spacial score (nSPS) is 9.20. The smallest absolute Gasteiger partial charge is 0.308 e. The summed E-state index contributed by atoms with van der Waals surface area (Å²) in [5.41, 5.74) is 1.25. The van der Waals surface area contributed by atoms with Crippen LogP contribution in [0, 0.1) is 0 Å². The van der Waals surface area contributed by atoms with Gasteiger partial charge in [-0.25, -0.2) is 0 Å². The SMILES string of the molecule is CC(=O)Oc1ccc(C(C)C)cc1.OO. The van der Waals surface area contributed by atoms with Crippen molar-refractivity contribution in [3.8, 4) is 5.75 Å². The third-order valence-corrected chi connectivity index (χ3v) is 1.81. The van der Waals surface area contributed by atoms with E-state index >= 15 is 0 Å². The van der Waals surface area contributed by atoms with E-state index in [2.05, 4.69) is 13.8 Å². The molecule has 0 unspecified atom stereocenters. The molecule has 1 aromatic rings. The van der Waals surface area contributed by atoms with Gasteiger partial charge in [-0.3, -0.25) is 15.3 Å². The van der Waals surface area contributed by atoms with Crippen molar-refractivity contribution in [2.24, 2.45) is 0 Å². The summed E-state index contributed by atoms with van der Waals surface area (Å²) < 4.78 is 4.91. The number of hydrogen-bond donors (Lipinski definition) is 2. The third-order valence-electron chi connectivity index (χ3n) is 1.81. The van der Waals surface area contributed by atoms with Crippen molar-refractivity contribution in [2.45, 2.75) is 26.7 Å². The van der Waals surface area contributed by atoms with Gasteiger partial charge >= 0.3 is 5.97 Å². The van der Waals surface area contributed by atoms with E-state index in [9.17, 15) is 4.79 Å². The Bertz CT molecular complexity index is 290. The molecule has 0 fully saturated rings. The molecule has 0 amide bonds. The second-order valence-corrected chi connectivity index (χ2v) is 3.32. The first-order valence-corrected chi connectivity index (χ1v) is 4.58. The Morgan fingerprint density at radius 1 is 1.20 bits per heavy atom. The predicted octanol–water partition coefficient (Wildman–Crippen LogP) is 2.75. The third kappa shape index (κ3) is 5.15. The van der Waals surface area contributed by atoms with Crippen molar-refractivity contribution in [3.05, 3.63) is 29.8 Å². The molecule has 84 valence electrons. The number of ether oxygens (including phenoxy) is 1. The first-order valence-electron chi connectivity index (χ1n) is 4.58. The summed E-state index contributed by atoms with van der Waals surface area (Å²) in [6.45, 7) is 5.65. The highest BCUT2D eigenvalue weighted by atomic mass is 17.0. The molecule has 0 aliphatic carbocycles. The van der Waals surface area contributed by atoms with Crippen LogP contribution in [0.3, 0.4) is 0 Å². The average molecular weight is 212 g/mol. The molecule has 0 aliphatic heterocycles. The minimum Gasteiger partial charge on any atom is -0.427 e. The van der Waals surface area contributed by atoms with Gasteiger partial charge in [0.1, 0.15) is 5.75 Å². The molecule has 0 aromatic heterocycles. The highest BCUT2D eigenvalue weighted by molar-refractivity contribution is 5.69. The Balaban J connectivity index is 0.000000921. The number of carbonyl (C=O) groups excluding carboxylic acids is 1. The molecular weight excluding hydrogens is 196 g/mol. The fourth-order valence-corrected chi connectivity index (χ4v) is 1.09. The number of hydrogen-bond acceptors (Lipinski definition) is 4. The van der Waals surface area contributed by atoms with Crippen molar-refractivity contribution >= 4 is 5.97 Å². The number of benzene rings is 1. The van der Waals surface area contributed by atoms with Crippen LogP contribution in [-0.4, -0.2) is 16.5 Å². The summed E-state index contributed by atoms with van der Waals surface area (Å²) in [7, 11) is 0. The summed E-state index contributed by atoms with van der Waals surface area (Å²) in [6, 6.07) is 7.58. The molecule has 1 aromatic carbocycles. The minimum atomic E-state index is -0.280.